The van der Waals surface area contributed by atoms with Crippen LogP contribution in [-0.4, -0.2) is 47.4 Å². The summed E-state index contributed by atoms with van der Waals surface area (Å²) in [6, 6.07) is 14.5. The van der Waals surface area contributed by atoms with E-state index in [0.717, 1.165) is 12.0 Å². The van der Waals surface area contributed by atoms with Crippen LogP contribution in [-0.2, 0) is 11.2 Å². The number of fused-ring (bicyclic) bond motifs is 1. The van der Waals surface area contributed by atoms with Crippen LogP contribution in [0.25, 0.3) is 0 Å². The lowest BCUT2D eigenvalue weighted by atomic mass is 10.00. The van der Waals surface area contributed by atoms with Gasteiger partial charge < -0.3 is 14.5 Å². The third kappa shape index (κ3) is 5.68. The molecule has 0 aliphatic carbocycles. The summed E-state index contributed by atoms with van der Waals surface area (Å²) in [5.74, 6) is -0.585. The van der Waals surface area contributed by atoms with Crippen LogP contribution < -0.4 is 4.74 Å². The van der Waals surface area contributed by atoms with Crippen molar-refractivity contribution in [3.63, 3.8) is 0 Å². The Hall–Kier alpha value is -2.90. The van der Waals surface area contributed by atoms with Crippen molar-refractivity contribution in [2.45, 2.75) is 38.8 Å². The number of amides is 2. The summed E-state index contributed by atoms with van der Waals surface area (Å²) < 4.78 is 20.4. The summed E-state index contributed by atoms with van der Waals surface area (Å²) in [6.45, 7) is 4.50. The van der Waals surface area contributed by atoms with E-state index in [1.807, 2.05) is 25.3 Å². The zero-order chi connectivity index (χ0) is 24.9. The number of carbonyl (C=O) groups is 2. The van der Waals surface area contributed by atoms with Gasteiger partial charge in [-0.15, -0.1) is 11.3 Å². The highest BCUT2D eigenvalue weighted by Gasteiger charge is 2.34. The Kier molecular flexibility index (Phi) is 8.08. The number of carbonyl (C=O) groups excluding carboxylic acids is 2. The van der Waals surface area contributed by atoms with E-state index < -0.39 is 11.7 Å². The Morgan fingerprint density at radius 2 is 1.94 bits per heavy atom. The molecule has 0 bridgehead atoms. The molecule has 0 N–H and O–H groups in total. The smallest absolute Gasteiger partial charge is 0.257 e. The molecule has 35 heavy (non-hydrogen) atoms. The molecule has 0 spiro atoms. The van der Waals surface area contributed by atoms with Gasteiger partial charge >= 0.3 is 0 Å². The zero-order valence-corrected chi connectivity index (χ0v) is 21.3. The fourth-order valence-corrected chi connectivity index (χ4v) is 5.31. The standard InChI is InChI=1S/C27H28ClFN2O3S/c1-3-18(2)31(27(33)21-6-4-5-7-23(21)29)16-26(32)30-14-12-25-22(13-15-35-25)24(30)17-34-20-10-8-19(28)9-11-20/h4-11,13,15,18,24H,3,12,14,16-17H2,1-2H3/t18-,24+/m0/s1. The number of benzene rings is 2. The minimum Gasteiger partial charge on any atom is -0.491 e. The van der Waals surface area contributed by atoms with Gasteiger partial charge in [0.25, 0.3) is 5.91 Å². The molecule has 0 saturated heterocycles. The van der Waals surface area contributed by atoms with E-state index in [1.54, 1.807) is 52.6 Å². The first-order valence-corrected chi connectivity index (χ1v) is 12.9. The number of hydrogen-bond donors (Lipinski definition) is 0. The number of rotatable bonds is 8. The van der Waals surface area contributed by atoms with E-state index >= 15 is 0 Å². The molecule has 1 aliphatic rings. The Morgan fingerprint density at radius 1 is 1.20 bits per heavy atom. The van der Waals surface area contributed by atoms with Crippen LogP contribution >= 0.6 is 22.9 Å². The molecule has 0 fully saturated rings. The van der Waals surface area contributed by atoms with E-state index in [-0.39, 0.29) is 36.7 Å². The lowest BCUT2D eigenvalue weighted by molar-refractivity contribution is -0.136. The van der Waals surface area contributed by atoms with E-state index in [0.29, 0.717) is 23.7 Å². The average molecular weight is 515 g/mol. The van der Waals surface area contributed by atoms with Gasteiger partial charge in [-0.3, -0.25) is 9.59 Å². The SMILES string of the molecule is CC[C@H](C)N(CC(=O)N1CCc2sccc2[C@H]1COc1ccc(Cl)cc1)C(=O)c1ccccc1F. The highest BCUT2D eigenvalue weighted by Crippen LogP contribution is 2.34. The van der Waals surface area contributed by atoms with Gasteiger partial charge in [0.05, 0.1) is 11.6 Å². The fourth-order valence-electron chi connectivity index (χ4n) is 4.25. The summed E-state index contributed by atoms with van der Waals surface area (Å²) >= 11 is 7.66. The van der Waals surface area contributed by atoms with Gasteiger partial charge in [0, 0.05) is 22.5 Å². The first kappa shape index (κ1) is 25.2. The highest BCUT2D eigenvalue weighted by molar-refractivity contribution is 7.10. The topological polar surface area (TPSA) is 49.9 Å². The second kappa shape index (κ2) is 11.2. The summed E-state index contributed by atoms with van der Waals surface area (Å²) in [4.78, 5) is 31.4. The normalized spacial score (nSPS) is 15.9. The van der Waals surface area contributed by atoms with E-state index in [2.05, 4.69) is 0 Å². The van der Waals surface area contributed by atoms with Crippen LogP contribution in [0.5, 0.6) is 5.75 Å². The molecule has 1 aliphatic heterocycles. The minimum atomic E-state index is -0.589. The predicted octanol–water partition coefficient (Wildman–Crippen LogP) is 5.99. The van der Waals surface area contributed by atoms with Gasteiger partial charge in [0.1, 0.15) is 24.7 Å². The van der Waals surface area contributed by atoms with Crippen LogP contribution in [0, 0.1) is 5.82 Å². The van der Waals surface area contributed by atoms with Gasteiger partial charge in [-0.2, -0.15) is 0 Å². The maximum Gasteiger partial charge on any atom is 0.257 e. The van der Waals surface area contributed by atoms with E-state index in [9.17, 15) is 14.0 Å². The molecule has 3 aromatic rings. The number of nitrogens with zero attached hydrogens (tertiary/aromatic N) is 2. The third-order valence-corrected chi connectivity index (χ3v) is 7.68. The Balaban J connectivity index is 1.55. The molecule has 2 atom stereocenters. The summed E-state index contributed by atoms with van der Waals surface area (Å²) in [5.41, 5.74) is 1.04. The van der Waals surface area contributed by atoms with Gasteiger partial charge in [-0.05, 0) is 73.2 Å². The van der Waals surface area contributed by atoms with Crippen molar-refractivity contribution in [1.82, 2.24) is 9.80 Å². The Bertz CT molecular complexity index is 1180. The Morgan fingerprint density at radius 3 is 2.66 bits per heavy atom. The highest BCUT2D eigenvalue weighted by atomic mass is 35.5. The number of thiophene rings is 1. The second-order valence-electron chi connectivity index (χ2n) is 8.59. The molecular formula is C27H28ClFN2O3S. The van der Waals surface area contributed by atoms with Crippen LogP contribution in [0.3, 0.4) is 0 Å². The summed E-state index contributed by atoms with van der Waals surface area (Å²) in [5, 5.41) is 2.65. The van der Waals surface area contributed by atoms with Crippen LogP contribution in [0.15, 0.2) is 60.0 Å². The number of halogens is 2. The monoisotopic (exact) mass is 514 g/mol. The van der Waals surface area contributed by atoms with E-state index in [1.165, 1.54) is 21.9 Å². The van der Waals surface area contributed by atoms with Crippen molar-refractivity contribution in [1.29, 1.82) is 0 Å². The van der Waals surface area contributed by atoms with Crippen molar-refractivity contribution >= 4 is 34.8 Å². The van der Waals surface area contributed by atoms with Crippen molar-refractivity contribution in [3.05, 3.63) is 86.8 Å². The summed E-state index contributed by atoms with van der Waals surface area (Å²) in [6.07, 6.45) is 1.39. The van der Waals surface area contributed by atoms with Crippen LogP contribution in [0.1, 0.15) is 47.1 Å². The molecule has 2 amide bonds. The van der Waals surface area contributed by atoms with Crippen molar-refractivity contribution in [2.75, 3.05) is 19.7 Å². The Labute approximate surface area is 214 Å². The molecule has 0 unspecified atom stereocenters. The molecule has 8 heteroatoms. The lowest BCUT2D eigenvalue weighted by Crippen LogP contribution is -2.50. The van der Waals surface area contributed by atoms with Crippen LogP contribution in [0.2, 0.25) is 5.02 Å². The van der Waals surface area contributed by atoms with Gasteiger partial charge in [0.15, 0.2) is 0 Å². The van der Waals surface area contributed by atoms with Crippen molar-refractivity contribution in [2.24, 2.45) is 0 Å². The molecule has 1 aromatic heterocycles. The first-order valence-electron chi connectivity index (χ1n) is 11.7. The van der Waals surface area contributed by atoms with E-state index in [4.69, 9.17) is 16.3 Å². The van der Waals surface area contributed by atoms with Crippen LogP contribution in [0.4, 0.5) is 4.39 Å². The lowest BCUT2D eigenvalue weighted by Gasteiger charge is -2.38. The predicted molar refractivity (Wildman–Crippen MR) is 137 cm³/mol. The third-order valence-electron chi connectivity index (χ3n) is 6.43. The molecule has 0 saturated carbocycles. The average Bonchev–Trinajstić information content (AvgIpc) is 3.35. The fraction of sp³-hybridized carbons (Fsp3) is 0.333. The molecule has 184 valence electrons. The maximum absolute atomic E-state index is 14.4. The summed E-state index contributed by atoms with van der Waals surface area (Å²) in [7, 11) is 0. The molecule has 2 heterocycles. The molecular weight excluding hydrogens is 487 g/mol. The van der Waals surface area contributed by atoms with Gasteiger partial charge in [0.2, 0.25) is 5.91 Å². The van der Waals surface area contributed by atoms with Crippen molar-refractivity contribution < 1.29 is 18.7 Å². The molecule has 5 nitrogen and oxygen atoms in total. The maximum atomic E-state index is 14.4. The quantitative estimate of drug-likeness (QED) is 0.371. The van der Waals surface area contributed by atoms with Gasteiger partial charge in [-0.25, -0.2) is 4.39 Å². The first-order chi connectivity index (χ1) is 16.9. The molecule has 0 radical (unpaired) electrons. The number of ether oxygens (including phenoxy) is 1. The molecule has 4 rings (SSSR count). The number of hydrogen-bond acceptors (Lipinski definition) is 4. The molecule has 2 aromatic carbocycles. The minimum absolute atomic E-state index is 0.0259. The largest absolute Gasteiger partial charge is 0.491 e. The zero-order valence-electron chi connectivity index (χ0n) is 19.7. The second-order valence-corrected chi connectivity index (χ2v) is 10.0. The van der Waals surface area contributed by atoms with Crippen molar-refractivity contribution in [3.8, 4) is 5.75 Å². The van der Waals surface area contributed by atoms with Gasteiger partial charge in [-0.1, -0.05) is 30.7 Å².